The number of halogens is 2. The molecular formula is C15H13ClFNO2S. The molecule has 2 aromatic carbocycles. The van der Waals surface area contributed by atoms with Gasteiger partial charge in [0, 0.05) is 15.5 Å². The molecule has 0 atom stereocenters. The molecule has 0 aliphatic rings. The maximum Gasteiger partial charge on any atom is 0.339 e. The molecule has 0 heterocycles. The van der Waals surface area contributed by atoms with Crippen LogP contribution in [0.1, 0.15) is 17.3 Å². The second-order valence-corrected chi connectivity index (χ2v) is 5.59. The van der Waals surface area contributed by atoms with Crippen LogP contribution in [0.25, 0.3) is 0 Å². The lowest BCUT2D eigenvalue weighted by molar-refractivity contribution is 0.0522. The predicted octanol–water partition coefficient (Wildman–Crippen LogP) is 4.39. The van der Waals surface area contributed by atoms with Gasteiger partial charge in [-0.3, -0.25) is 0 Å². The van der Waals surface area contributed by atoms with Crippen LogP contribution in [0.15, 0.2) is 46.2 Å². The zero-order chi connectivity index (χ0) is 15.4. The lowest BCUT2D eigenvalue weighted by Crippen LogP contribution is -2.07. The Kier molecular flexibility index (Phi) is 5.09. The van der Waals surface area contributed by atoms with Crippen molar-refractivity contribution in [1.29, 1.82) is 0 Å². The van der Waals surface area contributed by atoms with Gasteiger partial charge in [0.2, 0.25) is 0 Å². The van der Waals surface area contributed by atoms with Gasteiger partial charge in [0.1, 0.15) is 5.82 Å². The molecule has 0 aliphatic carbocycles. The van der Waals surface area contributed by atoms with Crippen LogP contribution in [0.4, 0.5) is 10.1 Å². The summed E-state index contributed by atoms with van der Waals surface area (Å²) in [7, 11) is 0. The van der Waals surface area contributed by atoms with Gasteiger partial charge in [0.05, 0.1) is 17.2 Å². The first kappa shape index (κ1) is 15.7. The third kappa shape index (κ3) is 3.68. The largest absolute Gasteiger partial charge is 0.462 e. The van der Waals surface area contributed by atoms with Gasteiger partial charge in [-0.1, -0.05) is 35.5 Å². The molecule has 0 radical (unpaired) electrons. The van der Waals surface area contributed by atoms with Crippen molar-refractivity contribution in [3.63, 3.8) is 0 Å². The molecule has 110 valence electrons. The number of esters is 1. The number of rotatable bonds is 4. The van der Waals surface area contributed by atoms with E-state index in [1.165, 1.54) is 18.2 Å². The van der Waals surface area contributed by atoms with E-state index in [2.05, 4.69) is 0 Å². The highest BCUT2D eigenvalue weighted by atomic mass is 35.5. The summed E-state index contributed by atoms with van der Waals surface area (Å²) in [5.74, 6) is -0.921. The number of nitrogen functional groups attached to an aromatic ring is 1. The first-order valence-electron chi connectivity index (χ1n) is 6.21. The molecule has 2 aromatic rings. The third-order valence-electron chi connectivity index (χ3n) is 2.61. The molecule has 0 spiro atoms. The van der Waals surface area contributed by atoms with E-state index in [4.69, 9.17) is 22.1 Å². The molecular weight excluding hydrogens is 313 g/mol. The van der Waals surface area contributed by atoms with Gasteiger partial charge in [-0.2, -0.15) is 0 Å². The van der Waals surface area contributed by atoms with E-state index in [1.54, 1.807) is 25.1 Å². The van der Waals surface area contributed by atoms with Crippen LogP contribution in [-0.4, -0.2) is 12.6 Å². The molecule has 0 unspecified atom stereocenters. The van der Waals surface area contributed by atoms with E-state index < -0.39 is 5.97 Å². The Labute approximate surface area is 131 Å². The van der Waals surface area contributed by atoms with Crippen molar-refractivity contribution in [2.24, 2.45) is 0 Å². The summed E-state index contributed by atoms with van der Waals surface area (Å²) in [5.41, 5.74) is 6.29. The summed E-state index contributed by atoms with van der Waals surface area (Å²) in [6.45, 7) is 1.94. The topological polar surface area (TPSA) is 52.3 Å². The third-order valence-corrected chi connectivity index (χ3v) is 4.22. The van der Waals surface area contributed by atoms with Gasteiger partial charge < -0.3 is 10.5 Å². The Morgan fingerprint density at radius 3 is 2.76 bits per heavy atom. The highest BCUT2D eigenvalue weighted by molar-refractivity contribution is 7.99. The number of hydrogen-bond acceptors (Lipinski definition) is 4. The SMILES string of the molecule is CCOC(=O)c1cc(N)cc(Cl)c1Sc1ccccc1F. The van der Waals surface area contributed by atoms with Crippen molar-refractivity contribution in [1.82, 2.24) is 0 Å². The summed E-state index contributed by atoms with van der Waals surface area (Å²) >= 11 is 7.22. The Hall–Kier alpha value is -1.72. The van der Waals surface area contributed by atoms with Crippen LogP contribution in [0.5, 0.6) is 0 Å². The summed E-state index contributed by atoms with van der Waals surface area (Å²) in [5, 5.41) is 0.284. The first-order chi connectivity index (χ1) is 10.0. The van der Waals surface area contributed by atoms with Crippen LogP contribution in [0.3, 0.4) is 0 Å². The van der Waals surface area contributed by atoms with Crippen molar-refractivity contribution in [2.45, 2.75) is 16.7 Å². The molecule has 0 fully saturated rings. The van der Waals surface area contributed by atoms with E-state index in [-0.39, 0.29) is 23.0 Å². The van der Waals surface area contributed by atoms with Gasteiger partial charge in [-0.25, -0.2) is 9.18 Å². The standard InChI is InChI=1S/C15H13ClFNO2S/c1-2-20-15(19)10-7-9(18)8-11(16)14(10)21-13-6-4-3-5-12(13)17/h3-8H,2,18H2,1H3. The van der Waals surface area contributed by atoms with Gasteiger partial charge >= 0.3 is 5.97 Å². The maximum absolute atomic E-state index is 13.8. The maximum atomic E-state index is 13.8. The summed E-state index contributed by atoms with van der Waals surface area (Å²) in [4.78, 5) is 12.8. The van der Waals surface area contributed by atoms with E-state index in [0.29, 0.717) is 15.5 Å². The van der Waals surface area contributed by atoms with Crippen molar-refractivity contribution < 1.29 is 13.9 Å². The minimum absolute atomic E-state index is 0.231. The molecule has 0 saturated carbocycles. The van der Waals surface area contributed by atoms with Crippen LogP contribution < -0.4 is 5.73 Å². The average Bonchev–Trinajstić information content (AvgIpc) is 2.43. The molecule has 2 rings (SSSR count). The number of ether oxygens (including phenoxy) is 1. The summed E-state index contributed by atoms with van der Waals surface area (Å²) in [6, 6.07) is 9.26. The zero-order valence-electron chi connectivity index (χ0n) is 11.2. The molecule has 2 N–H and O–H groups in total. The van der Waals surface area contributed by atoms with Crippen LogP contribution in [-0.2, 0) is 4.74 Å². The average molecular weight is 326 g/mol. The monoisotopic (exact) mass is 325 g/mol. The lowest BCUT2D eigenvalue weighted by Gasteiger charge is -2.12. The molecule has 21 heavy (non-hydrogen) atoms. The van der Waals surface area contributed by atoms with Crippen molar-refractivity contribution in [3.8, 4) is 0 Å². The Balaban J connectivity index is 2.47. The van der Waals surface area contributed by atoms with E-state index >= 15 is 0 Å². The number of nitrogens with two attached hydrogens (primary N) is 1. The summed E-state index contributed by atoms with van der Waals surface area (Å²) in [6.07, 6.45) is 0. The van der Waals surface area contributed by atoms with Gasteiger partial charge in [0.15, 0.2) is 0 Å². The highest BCUT2D eigenvalue weighted by Gasteiger charge is 2.19. The minimum atomic E-state index is -0.537. The molecule has 6 heteroatoms. The number of hydrogen-bond donors (Lipinski definition) is 1. The fourth-order valence-corrected chi connectivity index (χ4v) is 3.00. The normalized spacial score (nSPS) is 10.4. The Morgan fingerprint density at radius 1 is 1.38 bits per heavy atom. The van der Waals surface area contributed by atoms with Crippen molar-refractivity contribution >= 4 is 35.0 Å². The van der Waals surface area contributed by atoms with Crippen molar-refractivity contribution in [3.05, 3.63) is 52.8 Å². The Morgan fingerprint density at radius 2 is 2.10 bits per heavy atom. The number of carbonyl (C=O) groups excluding carboxylic acids is 1. The van der Waals surface area contributed by atoms with Crippen LogP contribution in [0, 0.1) is 5.82 Å². The molecule has 0 bridgehead atoms. The highest BCUT2D eigenvalue weighted by Crippen LogP contribution is 2.38. The van der Waals surface area contributed by atoms with E-state index in [1.807, 2.05) is 0 Å². The summed E-state index contributed by atoms with van der Waals surface area (Å²) < 4.78 is 18.7. The van der Waals surface area contributed by atoms with Crippen LogP contribution >= 0.6 is 23.4 Å². The van der Waals surface area contributed by atoms with Crippen molar-refractivity contribution in [2.75, 3.05) is 12.3 Å². The quantitative estimate of drug-likeness (QED) is 0.669. The van der Waals surface area contributed by atoms with Gasteiger partial charge in [-0.15, -0.1) is 0 Å². The van der Waals surface area contributed by atoms with Crippen LogP contribution in [0.2, 0.25) is 5.02 Å². The number of anilines is 1. The molecule has 0 aromatic heterocycles. The minimum Gasteiger partial charge on any atom is -0.462 e. The fourth-order valence-electron chi connectivity index (χ4n) is 1.72. The smallest absolute Gasteiger partial charge is 0.339 e. The lowest BCUT2D eigenvalue weighted by atomic mass is 10.2. The molecule has 3 nitrogen and oxygen atoms in total. The van der Waals surface area contributed by atoms with Gasteiger partial charge in [0.25, 0.3) is 0 Å². The van der Waals surface area contributed by atoms with E-state index in [9.17, 15) is 9.18 Å². The number of carbonyl (C=O) groups is 1. The number of benzene rings is 2. The first-order valence-corrected chi connectivity index (χ1v) is 7.41. The molecule has 0 amide bonds. The molecule has 0 saturated heterocycles. The zero-order valence-corrected chi connectivity index (χ0v) is 12.8. The van der Waals surface area contributed by atoms with Gasteiger partial charge in [-0.05, 0) is 31.2 Å². The fraction of sp³-hybridized carbons (Fsp3) is 0.133. The second-order valence-electron chi connectivity index (χ2n) is 4.13. The molecule has 0 aliphatic heterocycles. The Bertz CT molecular complexity index is 679. The second kappa shape index (κ2) is 6.83. The predicted molar refractivity (Wildman–Crippen MR) is 82.3 cm³/mol. The van der Waals surface area contributed by atoms with E-state index in [0.717, 1.165) is 11.8 Å².